The molecule has 1 rings (SSSR count). The first kappa shape index (κ1) is 14.4. The summed E-state index contributed by atoms with van der Waals surface area (Å²) in [7, 11) is 3.66. The molecule has 0 aromatic carbocycles. The molecule has 5 heteroatoms. The van der Waals surface area contributed by atoms with Crippen molar-refractivity contribution in [3.63, 3.8) is 0 Å². The van der Waals surface area contributed by atoms with Gasteiger partial charge in [-0.05, 0) is 14.0 Å². The first-order chi connectivity index (χ1) is 7.97. The van der Waals surface area contributed by atoms with E-state index in [1.165, 1.54) is 0 Å². The van der Waals surface area contributed by atoms with Crippen molar-refractivity contribution in [2.75, 3.05) is 46.9 Å². The first-order valence-corrected chi connectivity index (χ1v) is 6.19. The van der Waals surface area contributed by atoms with Gasteiger partial charge in [-0.25, -0.2) is 0 Å². The van der Waals surface area contributed by atoms with Crippen LogP contribution in [-0.4, -0.2) is 73.4 Å². The van der Waals surface area contributed by atoms with Crippen LogP contribution < -0.4 is 0 Å². The highest BCUT2D eigenvalue weighted by atomic mass is 16.5. The van der Waals surface area contributed by atoms with Crippen LogP contribution in [-0.2, 0) is 9.53 Å². The summed E-state index contributed by atoms with van der Waals surface area (Å²) in [6.45, 7) is 4.75. The molecule has 1 saturated heterocycles. The van der Waals surface area contributed by atoms with Crippen LogP contribution in [0.2, 0.25) is 0 Å². The van der Waals surface area contributed by atoms with E-state index in [0.29, 0.717) is 45.7 Å². The molecule has 0 radical (unpaired) electrons. The summed E-state index contributed by atoms with van der Waals surface area (Å²) in [5.41, 5.74) is -0.696. The van der Waals surface area contributed by atoms with Gasteiger partial charge in [0.1, 0.15) is 0 Å². The monoisotopic (exact) mass is 244 g/mol. The number of likely N-dealkylation sites (N-methyl/N-ethyl adjacent to an activating group) is 2. The van der Waals surface area contributed by atoms with Crippen molar-refractivity contribution in [1.82, 2.24) is 9.80 Å². The van der Waals surface area contributed by atoms with Gasteiger partial charge >= 0.3 is 0 Å². The molecule has 1 aliphatic rings. The van der Waals surface area contributed by atoms with E-state index in [-0.39, 0.29) is 5.91 Å². The van der Waals surface area contributed by atoms with E-state index in [0.717, 1.165) is 0 Å². The predicted molar refractivity (Wildman–Crippen MR) is 65.8 cm³/mol. The van der Waals surface area contributed by atoms with Gasteiger partial charge in [-0.2, -0.15) is 0 Å². The first-order valence-electron chi connectivity index (χ1n) is 6.19. The molecule has 0 unspecified atom stereocenters. The molecule has 0 aliphatic carbocycles. The lowest BCUT2D eigenvalue weighted by Gasteiger charge is -2.35. The van der Waals surface area contributed by atoms with Crippen LogP contribution >= 0.6 is 0 Å². The van der Waals surface area contributed by atoms with Crippen molar-refractivity contribution in [3.05, 3.63) is 0 Å². The highest BCUT2D eigenvalue weighted by molar-refractivity contribution is 5.77. The molecule has 1 amide bonds. The maximum absolute atomic E-state index is 11.7. The molecule has 1 heterocycles. The highest BCUT2D eigenvalue weighted by Crippen LogP contribution is 2.21. The Balaban J connectivity index is 2.37. The Morgan fingerprint density at radius 2 is 1.94 bits per heavy atom. The van der Waals surface area contributed by atoms with Crippen molar-refractivity contribution >= 4 is 5.91 Å². The number of aliphatic hydroxyl groups is 1. The van der Waals surface area contributed by atoms with Crippen LogP contribution in [0, 0.1) is 0 Å². The largest absolute Gasteiger partial charge is 0.388 e. The zero-order chi connectivity index (χ0) is 12.9. The summed E-state index contributed by atoms with van der Waals surface area (Å²) in [4.78, 5) is 15.3. The highest BCUT2D eigenvalue weighted by Gasteiger charge is 2.31. The maximum Gasteiger partial charge on any atom is 0.236 e. The number of amides is 1. The fourth-order valence-corrected chi connectivity index (χ4v) is 2.00. The normalized spacial score (nSPS) is 19.4. The third-order valence-electron chi connectivity index (χ3n) is 3.29. The van der Waals surface area contributed by atoms with Crippen LogP contribution in [0.1, 0.15) is 19.8 Å². The van der Waals surface area contributed by atoms with Crippen molar-refractivity contribution < 1.29 is 14.6 Å². The van der Waals surface area contributed by atoms with Crippen LogP contribution in [0.4, 0.5) is 0 Å². The van der Waals surface area contributed by atoms with Gasteiger partial charge in [-0.1, -0.05) is 0 Å². The lowest BCUT2D eigenvalue weighted by molar-refractivity contribution is -0.132. The summed E-state index contributed by atoms with van der Waals surface area (Å²) in [6, 6.07) is 0. The second-order valence-electron chi connectivity index (χ2n) is 4.92. The van der Waals surface area contributed by atoms with E-state index in [1.54, 1.807) is 11.9 Å². The summed E-state index contributed by atoms with van der Waals surface area (Å²) >= 11 is 0. The Hall–Kier alpha value is -0.650. The zero-order valence-electron chi connectivity index (χ0n) is 11.1. The molecular weight excluding hydrogens is 220 g/mol. The molecule has 100 valence electrons. The minimum Gasteiger partial charge on any atom is -0.388 e. The van der Waals surface area contributed by atoms with Gasteiger partial charge in [0.15, 0.2) is 0 Å². The van der Waals surface area contributed by atoms with E-state index >= 15 is 0 Å². The summed E-state index contributed by atoms with van der Waals surface area (Å²) in [5, 5.41) is 10.3. The number of carbonyl (C=O) groups excluding carboxylic acids is 1. The van der Waals surface area contributed by atoms with Gasteiger partial charge < -0.3 is 14.7 Å². The smallest absolute Gasteiger partial charge is 0.236 e. The molecule has 0 atom stereocenters. The Labute approximate surface area is 103 Å². The van der Waals surface area contributed by atoms with E-state index in [4.69, 9.17) is 4.74 Å². The molecule has 0 bridgehead atoms. The van der Waals surface area contributed by atoms with Crippen molar-refractivity contribution in [1.29, 1.82) is 0 Å². The number of hydrogen-bond acceptors (Lipinski definition) is 4. The van der Waals surface area contributed by atoms with Crippen molar-refractivity contribution in [3.8, 4) is 0 Å². The number of rotatable bonds is 5. The molecule has 0 aromatic rings. The second kappa shape index (κ2) is 6.33. The third kappa shape index (κ3) is 4.61. The average Bonchev–Trinajstić information content (AvgIpc) is 2.27. The topological polar surface area (TPSA) is 53.0 Å². The Morgan fingerprint density at radius 3 is 2.47 bits per heavy atom. The van der Waals surface area contributed by atoms with Crippen LogP contribution in [0.5, 0.6) is 0 Å². The number of carbonyl (C=O) groups is 1. The minimum atomic E-state index is -0.696. The maximum atomic E-state index is 11.7. The minimum absolute atomic E-state index is 0.0886. The van der Waals surface area contributed by atoms with Crippen molar-refractivity contribution in [2.45, 2.75) is 25.4 Å². The van der Waals surface area contributed by atoms with E-state index in [2.05, 4.69) is 0 Å². The van der Waals surface area contributed by atoms with Gasteiger partial charge in [0.25, 0.3) is 0 Å². The van der Waals surface area contributed by atoms with Crippen molar-refractivity contribution in [2.24, 2.45) is 0 Å². The fourth-order valence-electron chi connectivity index (χ4n) is 2.00. The molecule has 0 aromatic heterocycles. The zero-order valence-corrected chi connectivity index (χ0v) is 11.1. The molecule has 5 nitrogen and oxygen atoms in total. The second-order valence-corrected chi connectivity index (χ2v) is 4.92. The number of nitrogens with zero attached hydrogens (tertiary/aromatic N) is 2. The Bertz CT molecular complexity index is 252. The molecule has 17 heavy (non-hydrogen) atoms. The van der Waals surface area contributed by atoms with Gasteiger partial charge in [0.2, 0.25) is 5.91 Å². The summed E-state index contributed by atoms with van der Waals surface area (Å²) in [6.07, 6.45) is 1.30. The van der Waals surface area contributed by atoms with Crippen LogP contribution in [0.15, 0.2) is 0 Å². The number of ether oxygens (including phenoxy) is 1. The van der Waals surface area contributed by atoms with Gasteiger partial charge in [-0.3, -0.25) is 9.69 Å². The molecule has 1 N–H and O–H groups in total. The molecular formula is C12H24N2O3. The lowest BCUT2D eigenvalue weighted by atomic mass is 9.94. The molecule has 0 spiro atoms. The molecule has 1 aliphatic heterocycles. The van der Waals surface area contributed by atoms with Gasteiger partial charge in [-0.15, -0.1) is 0 Å². The summed E-state index contributed by atoms with van der Waals surface area (Å²) in [5.74, 6) is 0.0886. The SMILES string of the molecule is CCN(C)C(=O)CN(C)CC1(O)CCOCC1. The molecule has 1 fully saturated rings. The van der Waals surface area contributed by atoms with Gasteiger partial charge in [0, 0.05) is 46.2 Å². The molecule has 0 saturated carbocycles. The van der Waals surface area contributed by atoms with E-state index in [1.807, 2.05) is 18.9 Å². The lowest BCUT2D eigenvalue weighted by Crippen LogP contribution is -2.48. The number of hydrogen-bond donors (Lipinski definition) is 1. The average molecular weight is 244 g/mol. The van der Waals surface area contributed by atoms with Gasteiger partial charge in [0.05, 0.1) is 12.1 Å². The van der Waals surface area contributed by atoms with E-state index in [9.17, 15) is 9.90 Å². The van der Waals surface area contributed by atoms with Crippen LogP contribution in [0.25, 0.3) is 0 Å². The third-order valence-corrected chi connectivity index (χ3v) is 3.29. The van der Waals surface area contributed by atoms with E-state index < -0.39 is 5.60 Å². The standard InChI is InChI=1S/C12H24N2O3/c1-4-14(3)11(15)9-13(2)10-12(16)5-7-17-8-6-12/h16H,4-10H2,1-3H3. The summed E-state index contributed by atoms with van der Waals surface area (Å²) < 4.78 is 5.23. The quantitative estimate of drug-likeness (QED) is 0.736. The predicted octanol–water partition coefficient (Wildman–Crippen LogP) is -0.0620. The Morgan fingerprint density at radius 1 is 1.35 bits per heavy atom. The van der Waals surface area contributed by atoms with Crippen LogP contribution in [0.3, 0.4) is 0 Å². The fraction of sp³-hybridized carbons (Fsp3) is 0.917. The Kier molecular flexibility index (Phi) is 5.36.